The fourth-order valence-electron chi connectivity index (χ4n) is 1.43. The second-order valence-electron chi connectivity index (χ2n) is 3.36. The first-order chi connectivity index (χ1) is 7.08. The van der Waals surface area contributed by atoms with E-state index in [2.05, 4.69) is 0 Å². The van der Waals surface area contributed by atoms with Gasteiger partial charge in [-0.1, -0.05) is 0 Å². The zero-order chi connectivity index (χ0) is 11.4. The molecule has 0 aromatic carbocycles. The molecule has 0 atom stereocenters. The summed E-state index contributed by atoms with van der Waals surface area (Å²) < 4.78 is 15.2. The predicted molar refractivity (Wildman–Crippen MR) is 54.9 cm³/mol. The Morgan fingerprint density at radius 1 is 1.40 bits per heavy atom. The van der Waals surface area contributed by atoms with E-state index < -0.39 is 6.29 Å². The van der Waals surface area contributed by atoms with E-state index in [1.807, 2.05) is 6.92 Å². The first-order valence-electron chi connectivity index (χ1n) is 4.74. The lowest BCUT2D eigenvalue weighted by molar-refractivity contribution is -0.0993. The van der Waals surface area contributed by atoms with Crippen molar-refractivity contribution in [1.29, 1.82) is 0 Å². The Morgan fingerprint density at radius 3 is 2.40 bits per heavy atom. The number of rotatable bonds is 5. The van der Waals surface area contributed by atoms with Crippen LogP contribution in [-0.4, -0.2) is 26.3 Å². The van der Waals surface area contributed by atoms with Crippen molar-refractivity contribution in [2.24, 2.45) is 0 Å². The molecule has 0 N–H and O–H groups in total. The van der Waals surface area contributed by atoms with Crippen molar-refractivity contribution in [2.75, 3.05) is 14.2 Å². The summed E-state index contributed by atoms with van der Waals surface area (Å²) in [6, 6.07) is 1.74. The van der Waals surface area contributed by atoms with Gasteiger partial charge in [-0.05, 0) is 19.9 Å². The van der Waals surface area contributed by atoms with Crippen molar-refractivity contribution < 1.29 is 18.7 Å². The molecule has 0 amide bonds. The highest BCUT2D eigenvalue weighted by atomic mass is 16.7. The van der Waals surface area contributed by atoms with Gasteiger partial charge in [-0.15, -0.1) is 0 Å². The van der Waals surface area contributed by atoms with Gasteiger partial charge >= 0.3 is 0 Å². The summed E-state index contributed by atoms with van der Waals surface area (Å²) in [6.07, 6.45) is -0.292. The zero-order valence-corrected chi connectivity index (χ0v) is 9.49. The van der Waals surface area contributed by atoms with Gasteiger partial charge in [0.2, 0.25) is 0 Å². The van der Waals surface area contributed by atoms with E-state index in [-0.39, 0.29) is 12.2 Å². The molecule has 0 spiro atoms. The van der Waals surface area contributed by atoms with E-state index in [1.54, 1.807) is 13.0 Å². The number of aryl methyl sites for hydroxylation is 2. The summed E-state index contributed by atoms with van der Waals surface area (Å²) in [7, 11) is 3.02. The second kappa shape index (κ2) is 5.09. The lowest BCUT2D eigenvalue weighted by atomic mass is 10.1. The number of methoxy groups -OCH3 is 2. The average Bonchev–Trinajstić information content (AvgIpc) is 2.54. The zero-order valence-electron chi connectivity index (χ0n) is 9.49. The standard InChI is InChI=1S/C11H16O4/c1-7-5-9(8(2)15-7)10(12)6-11(13-3)14-4/h5,11H,6H2,1-4H3. The van der Waals surface area contributed by atoms with Gasteiger partial charge in [0, 0.05) is 14.2 Å². The molecule has 84 valence electrons. The number of ether oxygens (including phenoxy) is 2. The Morgan fingerprint density at radius 2 is 2.00 bits per heavy atom. The Kier molecular flexibility index (Phi) is 4.05. The number of carbonyl (C=O) groups is 1. The Bertz CT molecular complexity index is 336. The van der Waals surface area contributed by atoms with E-state index in [1.165, 1.54) is 14.2 Å². The van der Waals surface area contributed by atoms with Crippen LogP contribution in [0.25, 0.3) is 0 Å². The van der Waals surface area contributed by atoms with Crippen molar-refractivity contribution in [3.63, 3.8) is 0 Å². The Labute approximate surface area is 89.2 Å². The second-order valence-corrected chi connectivity index (χ2v) is 3.36. The molecule has 15 heavy (non-hydrogen) atoms. The monoisotopic (exact) mass is 212 g/mol. The van der Waals surface area contributed by atoms with Crippen LogP contribution in [0.1, 0.15) is 28.3 Å². The normalized spacial score (nSPS) is 11.0. The number of hydrogen-bond donors (Lipinski definition) is 0. The van der Waals surface area contributed by atoms with Crippen LogP contribution in [0.5, 0.6) is 0 Å². The van der Waals surface area contributed by atoms with E-state index in [4.69, 9.17) is 13.9 Å². The molecule has 4 heteroatoms. The summed E-state index contributed by atoms with van der Waals surface area (Å²) in [5.74, 6) is 1.35. The lowest BCUT2D eigenvalue weighted by Crippen LogP contribution is -2.18. The minimum atomic E-state index is -0.493. The maximum atomic E-state index is 11.8. The maximum Gasteiger partial charge on any atom is 0.171 e. The van der Waals surface area contributed by atoms with Crippen LogP contribution < -0.4 is 0 Å². The minimum Gasteiger partial charge on any atom is -0.466 e. The summed E-state index contributed by atoms with van der Waals surface area (Å²) >= 11 is 0. The molecule has 0 aliphatic carbocycles. The van der Waals surface area contributed by atoms with Crippen LogP contribution in [0.15, 0.2) is 10.5 Å². The summed E-state index contributed by atoms with van der Waals surface area (Å²) in [5, 5.41) is 0. The van der Waals surface area contributed by atoms with Crippen LogP contribution >= 0.6 is 0 Å². The highest BCUT2D eigenvalue weighted by Crippen LogP contribution is 2.16. The number of ketones is 1. The lowest BCUT2D eigenvalue weighted by Gasteiger charge is -2.11. The summed E-state index contributed by atoms with van der Waals surface area (Å²) in [5.41, 5.74) is 0.603. The molecular formula is C11H16O4. The van der Waals surface area contributed by atoms with E-state index in [0.29, 0.717) is 11.3 Å². The predicted octanol–water partition coefficient (Wildman–Crippen LogP) is 2.09. The first-order valence-corrected chi connectivity index (χ1v) is 4.74. The largest absolute Gasteiger partial charge is 0.466 e. The third-order valence-electron chi connectivity index (χ3n) is 2.22. The van der Waals surface area contributed by atoms with Gasteiger partial charge in [0.1, 0.15) is 11.5 Å². The quantitative estimate of drug-likeness (QED) is 0.554. The van der Waals surface area contributed by atoms with Crippen LogP contribution in [-0.2, 0) is 9.47 Å². The minimum absolute atomic E-state index is 0.0296. The Hall–Kier alpha value is -1.13. The topological polar surface area (TPSA) is 48.7 Å². The SMILES string of the molecule is COC(CC(=O)c1cc(C)oc1C)OC. The van der Waals surface area contributed by atoms with E-state index in [0.717, 1.165) is 5.76 Å². The fraction of sp³-hybridized carbons (Fsp3) is 0.545. The fourth-order valence-corrected chi connectivity index (χ4v) is 1.43. The highest BCUT2D eigenvalue weighted by molar-refractivity contribution is 5.97. The van der Waals surface area contributed by atoms with Crippen molar-refractivity contribution in [2.45, 2.75) is 26.6 Å². The van der Waals surface area contributed by atoms with Crippen LogP contribution in [0.2, 0.25) is 0 Å². The van der Waals surface area contributed by atoms with Gasteiger partial charge < -0.3 is 13.9 Å². The van der Waals surface area contributed by atoms with Crippen molar-refractivity contribution in [1.82, 2.24) is 0 Å². The van der Waals surface area contributed by atoms with Gasteiger partial charge in [0.05, 0.1) is 12.0 Å². The number of Topliss-reactive ketones (excluding diaryl/α,β-unsaturated/α-hetero) is 1. The molecule has 0 saturated carbocycles. The molecule has 0 radical (unpaired) electrons. The molecule has 1 heterocycles. The van der Waals surface area contributed by atoms with Gasteiger partial charge in [0.25, 0.3) is 0 Å². The molecule has 0 saturated heterocycles. The molecular weight excluding hydrogens is 196 g/mol. The van der Waals surface area contributed by atoms with Crippen molar-refractivity contribution >= 4 is 5.78 Å². The van der Waals surface area contributed by atoms with Gasteiger partial charge in [0.15, 0.2) is 12.1 Å². The summed E-state index contributed by atoms with van der Waals surface area (Å²) in [6.45, 7) is 3.59. The van der Waals surface area contributed by atoms with Gasteiger partial charge in [-0.3, -0.25) is 4.79 Å². The maximum absolute atomic E-state index is 11.8. The molecule has 1 aromatic rings. The molecule has 0 aliphatic heterocycles. The van der Waals surface area contributed by atoms with E-state index >= 15 is 0 Å². The number of furan rings is 1. The van der Waals surface area contributed by atoms with E-state index in [9.17, 15) is 4.79 Å². The highest BCUT2D eigenvalue weighted by Gasteiger charge is 2.18. The summed E-state index contributed by atoms with van der Waals surface area (Å²) in [4.78, 5) is 11.8. The molecule has 0 aliphatic rings. The molecule has 1 aromatic heterocycles. The van der Waals surface area contributed by atoms with Crippen LogP contribution in [0.4, 0.5) is 0 Å². The molecule has 0 fully saturated rings. The number of hydrogen-bond acceptors (Lipinski definition) is 4. The third-order valence-corrected chi connectivity index (χ3v) is 2.22. The van der Waals surface area contributed by atoms with Crippen molar-refractivity contribution in [3.8, 4) is 0 Å². The number of carbonyl (C=O) groups excluding carboxylic acids is 1. The first kappa shape index (κ1) is 11.9. The molecule has 0 bridgehead atoms. The van der Waals surface area contributed by atoms with Gasteiger partial charge in [-0.25, -0.2) is 0 Å². The smallest absolute Gasteiger partial charge is 0.171 e. The van der Waals surface area contributed by atoms with Crippen LogP contribution in [0.3, 0.4) is 0 Å². The van der Waals surface area contributed by atoms with Crippen molar-refractivity contribution in [3.05, 3.63) is 23.2 Å². The molecule has 1 rings (SSSR count). The van der Waals surface area contributed by atoms with Crippen LogP contribution in [0, 0.1) is 13.8 Å². The molecule has 0 unspecified atom stereocenters. The average molecular weight is 212 g/mol. The third kappa shape index (κ3) is 2.91. The van der Waals surface area contributed by atoms with Gasteiger partial charge in [-0.2, -0.15) is 0 Å². The molecule has 4 nitrogen and oxygen atoms in total. The Balaban J connectivity index is 2.72.